The van der Waals surface area contributed by atoms with Crippen LogP contribution in [-0.4, -0.2) is 20.4 Å². The van der Waals surface area contributed by atoms with Gasteiger partial charge in [0.1, 0.15) is 5.69 Å². The van der Waals surface area contributed by atoms with E-state index in [9.17, 15) is 9.59 Å². The van der Waals surface area contributed by atoms with Crippen molar-refractivity contribution in [2.45, 2.75) is 33.7 Å². The molecule has 1 amide bonds. The maximum atomic E-state index is 12.8. The van der Waals surface area contributed by atoms with Crippen molar-refractivity contribution >= 4 is 45.0 Å². The molecule has 0 aliphatic carbocycles. The highest BCUT2D eigenvalue weighted by Crippen LogP contribution is 2.27. The Morgan fingerprint density at radius 1 is 1.23 bits per heavy atom. The Hall–Kier alpha value is -3.03. The van der Waals surface area contributed by atoms with Gasteiger partial charge in [-0.15, -0.1) is 11.3 Å². The van der Waals surface area contributed by atoms with Crippen LogP contribution >= 0.6 is 22.9 Å². The Balaban J connectivity index is 1.55. The van der Waals surface area contributed by atoms with E-state index in [0.717, 1.165) is 21.0 Å². The Labute approximate surface area is 188 Å². The molecule has 0 atom stereocenters. The van der Waals surface area contributed by atoms with Gasteiger partial charge in [-0.1, -0.05) is 29.8 Å². The molecule has 0 aliphatic heterocycles. The van der Waals surface area contributed by atoms with Crippen LogP contribution in [0.15, 0.2) is 47.4 Å². The number of aromatic nitrogens is 3. The lowest BCUT2D eigenvalue weighted by Crippen LogP contribution is -2.23. The number of anilines is 1. The molecule has 2 aromatic heterocycles. The van der Waals surface area contributed by atoms with Crippen molar-refractivity contribution in [1.29, 1.82) is 0 Å². The van der Waals surface area contributed by atoms with E-state index in [2.05, 4.69) is 15.3 Å². The second-order valence-electron chi connectivity index (χ2n) is 7.26. The first-order valence-corrected chi connectivity index (χ1v) is 11.1. The average molecular weight is 453 g/mol. The van der Waals surface area contributed by atoms with E-state index in [1.165, 1.54) is 11.3 Å². The van der Waals surface area contributed by atoms with Gasteiger partial charge in [0.15, 0.2) is 5.13 Å². The fraction of sp³-hybridized carbons (Fsp3) is 0.217. The topological polar surface area (TPSA) is 76.9 Å². The van der Waals surface area contributed by atoms with Crippen LogP contribution in [0.3, 0.4) is 0 Å². The van der Waals surface area contributed by atoms with Gasteiger partial charge < -0.3 is 4.57 Å². The molecule has 0 bridgehead atoms. The molecule has 0 fully saturated rings. The number of hydrogen-bond acceptors (Lipinski definition) is 5. The Bertz CT molecular complexity index is 1360. The minimum absolute atomic E-state index is 0.115. The van der Waals surface area contributed by atoms with Gasteiger partial charge in [0.2, 0.25) is 0 Å². The fourth-order valence-corrected chi connectivity index (χ4v) is 4.50. The van der Waals surface area contributed by atoms with Crippen molar-refractivity contribution in [3.8, 4) is 0 Å². The summed E-state index contributed by atoms with van der Waals surface area (Å²) in [5.74, 6) is -0.273. The summed E-state index contributed by atoms with van der Waals surface area (Å²) >= 11 is 7.81. The smallest absolute Gasteiger partial charge is 0.272 e. The summed E-state index contributed by atoms with van der Waals surface area (Å²) < 4.78 is 1.66. The third-order valence-corrected chi connectivity index (χ3v) is 6.55. The lowest BCUT2D eigenvalue weighted by Gasteiger charge is -2.10. The van der Waals surface area contributed by atoms with E-state index >= 15 is 0 Å². The van der Waals surface area contributed by atoms with Crippen LogP contribution in [0.2, 0.25) is 5.02 Å². The minimum Gasteiger partial charge on any atom is -0.305 e. The van der Waals surface area contributed by atoms with Crippen molar-refractivity contribution in [3.05, 3.63) is 85.2 Å². The first kappa shape index (κ1) is 21.2. The van der Waals surface area contributed by atoms with Crippen molar-refractivity contribution in [2.24, 2.45) is 0 Å². The average Bonchev–Trinajstić information content (AvgIpc) is 3.19. The number of halogens is 1. The summed E-state index contributed by atoms with van der Waals surface area (Å²) in [6.07, 6.45) is 2.41. The molecule has 2 aromatic carbocycles. The molecule has 0 saturated heterocycles. The van der Waals surface area contributed by atoms with Crippen molar-refractivity contribution in [2.75, 3.05) is 5.32 Å². The summed E-state index contributed by atoms with van der Waals surface area (Å²) in [7, 11) is 0. The first-order chi connectivity index (χ1) is 14.9. The summed E-state index contributed by atoms with van der Waals surface area (Å²) in [5, 5.41) is 4.12. The number of carbonyl (C=O) groups excluding carboxylic acids is 1. The molecule has 0 spiro atoms. The van der Waals surface area contributed by atoms with E-state index in [4.69, 9.17) is 11.6 Å². The van der Waals surface area contributed by atoms with Gasteiger partial charge in [-0.2, -0.15) is 0 Å². The van der Waals surface area contributed by atoms with Crippen LogP contribution in [0.25, 0.3) is 11.0 Å². The second-order valence-corrected chi connectivity index (χ2v) is 8.75. The monoisotopic (exact) mass is 452 g/mol. The Morgan fingerprint density at radius 2 is 2.03 bits per heavy atom. The lowest BCUT2D eigenvalue weighted by molar-refractivity contribution is 0.102. The van der Waals surface area contributed by atoms with Crippen LogP contribution in [0.4, 0.5) is 5.13 Å². The molecule has 4 rings (SSSR count). The standard InChI is InChI=1S/C23H21ClN4O2S/c1-4-28-19-9-8-16(11-18(19)26-14(3)22(28)30)21(29)27-23-25-12-17(31-23)10-15-7-5-6-13(2)20(15)24/h5-9,11-12H,4,10H2,1-3H3,(H,25,27,29). The highest BCUT2D eigenvalue weighted by molar-refractivity contribution is 7.15. The molecular formula is C23H21ClN4O2S. The Kier molecular flexibility index (Phi) is 5.89. The van der Waals surface area contributed by atoms with Gasteiger partial charge in [0.25, 0.3) is 11.5 Å². The summed E-state index contributed by atoms with van der Waals surface area (Å²) in [5.41, 5.74) is 4.13. The number of hydrogen-bond donors (Lipinski definition) is 1. The summed E-state index contributed by atoms with van der Waals surface area (Å²) in [6, 6.07) is 11.1. The lowest BCUT2D eigenvalue weighted by atomic mass is 10.1. The van der Waals surface area contributed by atoms with Gasteiger partial charge in [-0.05, 0) is 50.1 Å². The highest BCUT2D eigenvalue weighted by Gasteiger charge is 2.14. The summed E-state index contributed by atoms with van der Waals surface area (Å²) in [6.45, 7) is 6.10. The van der Waals surface area contributed by atoms with Gasteiger partial charge in [-0.25, -0.2) is 9.97 Å². The van der Waals surface area contributed by atoms with E-state index in [1.54, 1.807) is 35.9 Å². The quantitative estimate of drug-likeness (QED) is 0.463. The highest BCUT2D eigenvalue weighted by atomic mass is 35.5. The van der Waals surface area contributed by atoms with Crippen LogP contribution in [0.1, 0.15) is 39.0 Å². The zero-order valence-electron chi connectivity index (χ0n) is 17.4. The van der Waals surface area contributed by atoms with Gasteiger partial charge in [0, 0.05) is 34.6 Å². The first-order valence-electron chi connectivity index (χ1n) is 9.88. The molecule has 6 nitrogen and oxygen atoms in total. The molecule has 0 aliphatic rings. The molecule has 4 aromatic rings. The number of thiazole rings is 1. The van der Waals surface area contributed by atoms with Gasteiger partial charge in [0.05, 0.1) is 11.0 Å². The molecular weight excluding hydrogens is 432 g/mol. The number of aryl methyl sites for hydroxylation is 3. The van der Waals surface area contributed by atoms with Crippen LogP contribution < -0.4 is 10.9 Å². The molecule has 1 N–H and O–H groups in total. The Morgan fingerprint density at radius 3 is 2.81 bits per heavy atom. The molecule has 2 heterocycles. The SMILES string of the molecule is CCn1c(=O)c(C)nc2cc(C(=O)Nc3ncc(Cc4cccc(C)c4Cl)s3)ccc21. The number of fused-ring (bicyclic) bond motifs is 1. The summed E-state index contributed by atoms with van der Waals surface area (Å²) in [4.78, 5) is 34.7. The number of benzene rings is 2. The largest absolute Gasteiger partial charge is 0.305 e. The third-order valence-electron chi connectivity index (χ3n) is 5.10. The van der Waals surface area contributed by atoms with E-state index in [0.29, 0.717) is 40.4 Å². The van der Waals surface area contributed by atoms with Gasteiger partial charge in [-0.3, -0.25) is 14.9 Å². The minimum atomic E-state index is -0.273. The van der Waals surface area contributed by atoms with Crippen molar-refractivity contribution in [3.63, 3.8) is 0 Å². The maximum Gasteiger partial charge on any atom is 0.272 e. The third kappa shape index (κ3) is 4.24. The number of amides is 1. The van der Waals surface area contributed by atoms with Crippen LogP contribution in [-0.2, 0) is 13.0 Å². The van der Waals surface area contributed by atoms with E-state index in [1.807, 2.05) is 32.0 Å². The molecule has 158 valence electrons. The normalized spacial score (nSPS) is 11.1. The predicted octanol–water partition coefficient (Wildman–Crippen LogP) is 4.99. The number of nitrogens with zero attached hydrogens (tertiary/aromatic N) is 3. The molecule has 0 radical (unpaired) electrons. The molecule has 8 heteroatoms. The maximum absolute atomic E-state index is 12.8. The number of carbonyl (C=O) groups is 1. The van der Waals surface area contributed by atoms with Crippen LogP contribution in [0.5, 0.6) is 0 Å². The van der Waals surface area contributed by atoms with Gasteiger partial charge >= 0.3 is 0 Å². The zero-order chi connectivity index (χ0) is 22.1. The van der Waals surface area contributed by atoms with E-state index in [-0.39, 0.29) is 11.5 Å². The van der Waals surface area contributed by atoms with Crippen LogP contribution in [0, 0.1) is 13.8 Å². The van der Waals surface area contributed by atoms with Crippen molar-refractivity contribution < 1.29 is 4.79 Å². The second kappa shape index (κ2) is 8.61. The molecule has 31 heavy (non-hydrogen) atoms. The molecule has 0 unspecified atom stereocenters. The van der Waals surface area contributed by atoms with Crippen molar-refractivity contribution in [1.82, 2.24) is 14.5 Å². The fourth-order valence-electron chi connectivity index (χ4n) is 3.48. The molecule has 0 saturated carbocycles. The van der Waals surface area contributed by atoms with E-state index < -0.39 is 0 Å². The number of rotatable bonds is 5. The zero-order valence-corrected chi connectivity index (χ0v) is 19.0. The predicted molar refractivity (Wildman–Crippen MR) is 125 cm³/mol. The number of nitrogens with one attached hydrogen (secondary N) is 1.